The fraction of sp³-hybridized carbons (Fsp3) is 0.381. The highest BCUT2D eigenvalue weighted by Crippen LogP contribution is 2.20. The third-order valence-corrected chi connectivity index (χ3v) is 4.93. The molecule has 2 N–H and O–H groups in total. The molecule has 26 heavy (non-hydrogen) atoms. The largest absolute Gasteiger partial charge is 0.376 e. The Bertz CT molecular complexity index is 729. The highest BCUT2D eigenvalue weighted by Gasteiger charge is 2.14. The zero-order valence-electron chi connectivity index (χ0n) is 15.9. The maximum atomic E-state index is 12.2. The number of para-hydroxylation sites is 1. The number of aryl methyl sites for hydroxylation is 2. The normalized spacial score (nSPS) is 15.0. The van der Waals surface area contributed by atoms with E-state index in [2.05, 4.69) is 39.6 Å². The summed E-state index contributed by atoms with van der Waals surface area (Å²) in [4.78, 5) is 17.0. The molecule has 0 aromatic heterocycles. The van der Waals surface area contributed by atoms with E-state index in [1.165, 1.54) is 5.69 Å². The Morgan fingerprint density at radius 1 is 0.962 bits per heavy atom. The first-order chi connectivity index (χ1) is 12.5. The van der Waals surface area contributed by atoms with Crippen LogP contribution in [0.5, 0.6) is 0 Å². The van der Waals surface area contributed by atoms with Crippen molar-refractivity contribution in [1.82, 2.24) is 4.90 Å². The Balaban J connectivity index is 1.52. The lowest BCUT2D eigenvalue weighted by Crippen LogP contribution is -2.44. The number of carbonyl (C=O) groups is 1. The van der Waals surface area contributed by atoms with Gasteiger partial charge in [-0.3, -0.25) is 4.79 Å². The summed E-state index contributed by atoms with van der Waals surface area (Å²) in [5.41, 5.74) is 5.26. The van der Waals surface area contributed by atoms with Gasteiger partial charge in [-0.25, -0.2) is 0 Å². The average molecular weight is 352 g/mol. The van der Waals surface area contributed by atoms with E-state index in [9.17, 15) is 4.79 Å². The van der Waals surface area contributed by atoms with E-state index >= 15 is 0 Å². The van der Waals surface area contributed by atoms with Crippen LogP contribution in [0.2, 0.25) is 0 Å². The van der Waals surface area contributed by atoms with E-state index in [0.717, 1.165) is 48.7 Å². The molecule has 5 heteroatoms. The van der Waals surface area contributed by atoms with Crippen LogP contribution in [0.15, 0.2) is 42.5 Å². The molecule has 1 fully saturated rings. The highest BCUT2D eigenvalue weighted by molar-refractivity contribution is 5.95. The van der Waals surface area contributed by atoms with Gasteiger partial charge in [-0.15, -0.1) is 0 Å². The minimum absolute atomic E-state index is 0.0365. The Morgan fingerprint density at radius 2 is 1.58 bits per heavy atom. The molecule has 0 spiro atoms. The summed E-state index contributed by atoms with van der Waals surface area (Å²) in [6.45, 7) is 8.57. The predicted molar refractivity (Wildman–Crippen MR) is 109 cm³/mol. The summed E-state index contributed by atoms with van der Waals surface area (Å²) in [6, 6.07) is 14.3. The van der Waals surface area contributed by atoms with E-state index in [0.29, 0.717) is 0 Å². The zero-order valence-corrected chi connectivity index (χ0v) is 15.9. The summed E-state index contributed by atoms with van der Waals surface area (Å²) in [5.74, 6) is -0.0365. The van der Waals surface area contributed by atoms with Gasteiger partial charge in [-0.05, 0) is 56.3 Å². The summed E-state index contributed by atoms with van der Waals surface area (Å²) in [6.07, 6.45) is 0. The van der Waals surface area contributed by atoms with Crippen LogP contribution in [-0.4, -0.2) is 50.6 Å². The van der Waals surface area contributed by atoms with Crippen molar-refractivity contribution in [3.05, 3.63) is 53.6 Å². The first kappa shape index (κ1) is 18.3. The second kappa shape index (κ2) is 8.23. The predicted octanol–water partition coefficient (Wildman–Crippen LogP) is 3.11. The zero-order chi connectivity index (χ0) is 18.5. The van der Waals surface area contributed by atoms with Crippen LogP contribution in [0.3, 0.4) is 0 Å². The third kappa shape index (κ3) is 4.55. The van der Waals surface area contributed by atoms with Gasteiger partial charge >= 0.3 is 0 Å². The minimum atomic E-state index is -0.0365. The Morgan fingerprint density at radius 3 is 2.19 bits per heavy atom. The Labute approximate surface area is 156 Å². The quantitative estimate of drug-likeness (QED) is 0.868. The van der Waals surface area contributed by atoms with Crippen LogP contribution in [-0.2, 0) is 4.79 Å². The van der Waals surface area contributed by atoms with Crippen molar-refractivity contribution in [3.63, 3.8) is 0 Å². The third-order valence-electron chi connectivity index (χ3n) is 4.93. The molecule has 1 aliphatic heterocycles. The van der Waals surface area contributed by atoms with Gasteiger partial charge in [0.1, 0.15) is 0 Å². The summed E-state index contributed by atoms with van der Waals surface area (Å²) in [5, 5.41) is 6.20. The van der Waals surface area contributed by atoms with Gasteiger partial charge < -0.3 is 20.4 Å². The van der Waals surface area contributed by atoms with Crippen LogP contribution in [0.4, 0.5) is 17.1 Å². The van der Waals surface area contributed by atoms with Crippen molar-refractivity contribution in [3.8, 4) is 0 Å². The van der Waals surface area contributed by atoms with Crippen molar-refractivity contribution in [1.29, 1.82) is 0 Å². The Hall–Kier alpha value is -2.53. The minimum Gasteiger partial charge on any atom is -0.376 e. The number of nitrogens with zero attached hydrogens (tertiary/aromatic N) is 2. The standard InChI is InChI=1S/C21H28N4O/c1-16-5-4-6-17(2)21(16)23-20(26)15-22-18-7-9-19(10-8-18)25-13-11-24(3)12-14-25/h4-10,22H,11-15H2,1-3H3,(H,23,26). The molecule has 2 aromatic carbocycles. The maximum Gasteiger partial charge on any atom is 0.243 e. The number of carbonyl (C=O) groups excluding carboxylic acids is 1. The van der Waals surface area contributed by atoms with Gasteiger partial charge in [0.05, 0.1) is 6.54 Å². The molecular weight excluding hydrogens is 324 g/mol. The smallest absolute Gasteiger partial charge is 0.243 e. The van der Waals surface area contributed by atoms with E-state index in [-0.39, 0.29) is 12.5 Å². The Kier molecular flexibility index (Phi) is 5.78. The molecule has 3 rings (SSSR count). The van der Waals surface area contributed by atoms with Crippen LogP contribution in [0, 0.1) is 13.8 Å². The molecule has 1 amide bonds. The van der Waals surface area contributed by atoms with Crippen molar-refractivity contribution < 1.29 is 4.79 Å². The molecular formula is C21H28N4O. The first-order valence-corrected chi connectivity index (χ1v) is 9.16. The second-order valence-electron chi connectivity index (χ2n) is 7.01. The van der Waals surface area contributed by atoms with E-state index in [1.807, 2.05) is 44.2 Å². The first-order valence-electron chi connectivity index (χ1n) is 9.16. The molecule has 0 unspecified atom stereocenters. The lowest BCUT2D eigenvalue weighted by molar-refractivity contribution is -0.114. The summed E-state index contributed by atoms with van der Waals surface area (Å²) < 4.78 is 0. The van der Waals surface area contributed by atoms with Gasteiger partial charge in [-0.2, -0.15) is 0 Å². The number of hydrogen-bond acceptors (Lipinski definition) is 4. The maximum absolute atomic E-state index is 12.2. The van der Waals surface area contributed by atoms with Gasteiger partial charge in [-0.1, -0.05) is 18.2 Å². The van der Waals surface area contributed by atoms with E-state index in [4.69, 9.17) is 0 Å². The van der Waals surface area contributed by atoms with Gasteiger partial charge in [0.2, 0.25) is 5.91 Å². The fourth-order valence-electron chi connectivity index (χ4n) is 3.23. The number of hydrogen-bond donors (Lipinski definition) is 2. The van der Waals surface area contributed by atoms with E-state index in [1.54, 1.807) is 0 Å². The molecule has 1 heterocycles. The number of amides is 1. The van der Waals surface area contributed by atoms with Crippen molar-refractivity contribution in [2.24, 2.45) is 0 Å². The molecule has 0 saturated carbocycles. The van der Waals surface area contributed by atoms with Crippen LogP contribution in [0.1, 0.15) is 11.1 Å². The number of benzene rings is 2. The molecule has 1 saturated heterocycles. The van der Waals surface area contributed by atoms with Gasteiger partial charge in [0.25, 0.3) is 0 Å². The number of piperazine rings is 1. The summed E-state index contributed by atoms with van der Waals surface area (Å²) in [7, 11) is 2.16. The highest BCUT2D eigenvalue weighted by atomic mass is 16.1. The van der Waals surface area contributed by atoms with E-state index < -0.39 is 0 Å². The number of rotatable bonds is 5. The summed E-state index contributed by atoms with van der Waals surface area (Å²) >= 11 is 0. The molecule has 138 valence electrons. The van der Waals surface area contributed by atoms with Crippen LogP contribution < -0.4 is 15.5 Å². The molecule has 1 aliphatic rings. The van der Waals surface area contributed by atoms with Gasteiger partial charge in [0.15, 0.2) is 0 Å². The van der Waals surface area contributed by atoms with Crippen molar-refractivity contribution >= 4 is 23.0 Å². The van der Waals surface area contributed by atoms with Crippen molar-refractivity contribution in [2.45, 2.75) is 13.8 Å². The molecule has 0 atom stereocenters. The van der Waals surface area contributed by atoms with Crippen LogP contribution >= 0.6 is 0 Å². The van der Waals surface area contributed by atoms with Crippen LogP contribution in [0.25, 0.3) is 0 Å². The van der Waals surface area contributed by atoms with Gasteiger partial charge in [0, 0.05) is 43.2 Å². The molecule has 0 bridgehead atoms. The molecule has 0 radical (unpaired) electrons. The average Bonchev–Trinajstić information content (AvgIpc) is 2.64. The number of nitrogens with one attached hydrogen (secondary N) is 2. The monoisotopic (exact) mass is 352 g/mol. The number of anilines is 3. The topological polar surface area (TPSA) is 47.6 Å². The number of likely N-dealkylation sites (N-methyl/N-ethyl adjacent to an activating group) is 1. The van der Waals surface area contributed by atoms with Crippen molar-refractivity contribution in [2.75, 3.05) is 55.3 Å². The molecule has 5 nitrogen and oxygen atoms in total. The SMILES string of the molecule is Cc1cccc(C)c1NC(=O)CNc1ccc(N2CCN(C)CC2)cc1. The fourth-order valence-corrected chi connectivity index (χ4v) is 3.23. The second-order valence-corrected chi connectivity index (χ2v) is 7.01. The molecule has 0 aliphatic carbocycles. The lowest BCUT2D eigenvalue weighted by Gasteiger charge is -2.34. The molecule has 2 aromatic rings. The lowest BCUT2D eigenvalue weighted by atomic mass is 10.1.